The molecule has 0 aliphatic heterocycles. The van der Waals surface area contributed by atoms with Gasteiger partial charge in [0.2, 0.25) is 5.65 Å². The van der Waals surface area contributed by atoms with E-state index in [4.69, 9.17) is 0 Å². The molecule has 2 aromatic heterocycles. The third-order valence-electron chi connectivity index (χ3n) is 4.66. The molecule has 8 nitrogen and oxygen atoms in total. The lowest BCUT2D eigenvalue weighted by Crippen LogP contribution is -2.22. The van der Waals surface area contributed by atoms with Crippen molar-refractivity contribution in [2.75, 3.05) is 10.6 Å². The third-order valence-corrected chi connectivity index (χ3v) is 5.33. The molecule has 0 aliphatic carbocycles. The molecule has 9 heteroatoms. The maximum atomic E-state index is 13.2. The monoisotopic (exact) mass is 522 g/mol. The lowest BCUT2D eigenvalue weighted by Gasteiger charge is -2.09. The van der Waals surface area contributed by atoms with Gasteiger partial charge in [-0.2, -0.15) is 4.68 Å². The van der Waals surface area contributed by atoms with Crippen LogP contribution in [-0.4, -0.2) is 25.2 Å². The molecule has 0 saturated carbocycles. The van der Waals surface area contributed by atoms with Crippen molar-refractivity contribution in [2.45, 2.75) is 0 Å². The van der Waals surface area contributed by atoms with E-state index in [9.17, 15) is 9.59 Å². The van der Waals surface area contributed by atoms with Crippen LogP contribution in [0.1, 0.15) is 0 Å². The highest BCUT2D eigenvalue weighted by Crippen LogP contribution is 2.20. The molecule has 0 unspecified atom stereocenters. The highest BCUT2D eigenvalue weighted by atomic mass is 127. The molecule has 0 fully saturated rings. The zero-order valence-electron chi connectivity index (χ0n) is 16.0. The number of anilines is 2. The van der Waals surface area contributed by atoms with Crippen molar-refractivity contribution >= 4 is 56.8 Å². The van der Waals surface area contributed by atoms with Gasteiger partial charge in [0.25, 0.3) is 0 Å². The summed E-state index contributed by atoms with van der Waals surface area (Å²) in [6.45, 7) is 0. The fraction of sp³-hybridized carbons (Fsp3) is 0. The summed E-state index contributed by atoms with van der Waals surface area (Å²) in [5.74, 6) is 0.189. The number of amides is 2. The van der Waals surface area contributed by atoms with Gasteiger partial charge in [-0.05, 0) is 65.1 Å². The van der Waals surface area contributed by atoms with E-state index in [1.807, 2.05) is 48.5 Å². The van der Waals surface area contributed by atoms with Gasteiger partial charge in [-0.25, -0.2) is 19.0 Å². The minimum absolute atomic E-state index is 0.189. The molecule has 5 rings (SSSR count). The molecule has 0 spiro atoms. The number of rotatable bonds is 3. The third kappa shape index (κ3) is 3.63. The number of halogens is 1. The zero-order chi connectivity index (χ0) is 21.4. The summed E-state index contributed by atoms with van der Waals surface area (Å²) in [5.41, 5.74) is 2.34. The van der Waals surface area contributed by atoms with Crippen LogP contribution in [-0.2, 0) is 0 Å². The molecule has 3 aromatic carbocycles. The highest BCUT2D eigenvalue weighted by Gasteiger charge is 2.18. The Hall–Kier alpha value is -3.73. The Labute approximate surface area is 189 Å². The molecule has 5 aromatic rings. The number of carbonyl (C=O) groups excluding carboxylic acids is 1. The minimum atomic E-state index is -0.478. The van der Waals surface area contributed by atoms with Crippen LogP contribution in [0.15, 0.2) is 83.7 Å². The number of aromatic nitrogens is 4. The van der Waals surface area contributed by atoms with Crippen LogP contribution in [0.5, 0.6) is 0 Å². The Morgan fingerprint density at radius 1 is 0.903 bits per heavy atom. The van der Waals surface area contributed by atoms with Crippen LogP contribution in [0.2, 0.25) is 0 Å². The molecular formula is C22H15IN6O2. The van der Waals surface area contributed by atoms with Gasteiger partial charge in [0, 0.05) is 9.26 Å². The average molecular weight is 522 g/mol. The molecule has 0 aliphatic rings. The second kappa shape index (κ2) is 7.84. The van der Waals surface area contributed by atoms with E-state index in [0.717, 1.165) is 3.57 Å². The average Bonchev–Trinajstić information content (AvgIpc) is 3.12. The van der Waals surface area contributed by atoms with E-state index < -0.39 is 6.03 Å². The molecule has 2 heterocycles. The number of nitrogens with zero attached hydrogens (tertiary/aromatic N) is 4. The Bertz CT molecular complexity index is 1490. The van der Waals surface area contributed by atoms with Crippen molar-refractivity contribution in [2.24, 2.45) is 0 Å². The van der Waals surface area contributed by atoms with Gasteiger partial charge >= 0.3 is 11.7 Å². The topological polar surface area (TPSA) is 93.3 Å². The van der Waals surface area contributed by atoms with E-state index in [1.165, 1.54) is 9.08 Å². The summed E-state index contributed by atoms with van der Waals surface area (Å²) in [6, 6.07) is 23.3. The summed E-state index contributed by atoms with van der Waals surface area (Å²) in [6.07, 6.45) is 0. The fourth-order valence-corrected chi connectivity index (χ4v) is 3.86. The van der Waals surface area contributed by atoms with Gasteiger partial charge in [-0.3, -0.25) is 5.32 Å². The van der Waals surface area contributed by atoms with E-state index >= 15 is 0 Å². The molecule has 0 bridgehead atoms. The molecular weight excluding hydrogens is 507 g/mol. The summed E-state index contributed by atoms with van der Waals surface area (Å²) < 4.78 is 3.75. The Balaban J connectivity index is 1.63. The number of urea groups is 1. The summed E-state index contributed by atoms with van der Waals surface area (Å²) in [4.78, 5) is 30.4. The van der Waals surface area contributed by atoms with Crippen LogP contribution < -0.4 is 16.3 Å². The van der Waals surface area contributed by atoms with Crippen LogP contribution in [0.3, 0.4) is 0 Å². The van der Waals surface area contributed by atoms with Crippen molar-refractivity contribution in [1.82, 2.24) is 19.2 Å². The van der Waals surface area contributed by atoms with Crippen LogP contribution in [0.4, 0.5) is 16.3 Å². The quantitative estimate of drug-likeness (QED) is 0.346. The summed E-state index contributed by atoms with van der Waals surface area (Å²) >= 11 is 2.17. The van der Waals surface area contributed by atoms with Gasteiger partial charge in [0.15, 0.2) is 5.82 Å². The number of carbonyl (C=O) groups is 1. The van der Waals surface area contributed by atoms with Crippen molar-refractivity contribution in [3.8, 4) is 5.69 Å². The molecule has 2 amide bonds. The van der Waals surface area contributed by atoms with E-state index in [0.29, 0.717) is 22.4 Å². The Morgan fingerprint density at radius 2 is 1.68 bits per heavy atom. The number of benzene rings is 3. The first kappa shape index (κ1) is 19.2. The van der Waals surface area contributed by atoms with Crippen molar-refractivity contribution in [3.63, 3.8) is 0 Å². The van der Waals surface area contributed by atoms with Crippen LogP contribution >= 0.6 is 22.6 Å². The van der Waals surface area contributed by atoms with Crippen molar-refractivity contribution in [3.05, 3.63) is 92.9 Å². The van der Waals surface area contributed by atoms with Crippen molar-refractivity contribution in [1.29, 1.82) is 0 Å². The molecule has 31 heavy (non-hydrogen) atoms. The number of hydrogen-bond donors (Lipinski definition) is 2. The van der Waals surface area contributed by atoms with Gasteiger partial charge in [0.1, 0.15) is 0 Å². The second-order valence-corrected chi connectivity index (χ2v) is 7.97. The Kier molecular flexibility index (Phi) is 4.86. The second-order valence-electron chi connectivity index (χ2n) is 6.73. The number of hydrogen-bond acceptors (Lipinski definition) is 4. The van der Waals surface area contributed by atoms with Gasteiger partial charge in [0.05, 0.1) is 16.7 Å². The predicted molar refractivity (Wildman–Crippen MR) is 128 cm³/mol. The van der Waals surface area contributed by atoms with Crippen LogP contribution in [0.25, 0.3) is 22.4 Å². The molecule has 0 radical (unpaired) electrons. The Morgan fingerprint density at radius 3 is 2.48 bits per heavy atom. The molecule has 0 atom stereocenters. The number of fused-ring (bicyclic) bond motifs is 3. The van der Waals surface area contributed by atoms with E-state index in [-0.39, 0.29) is 17.2 Å². The minimum Gasteiger partial charge on any atom is -0.308 e. The predicted octanol–water partition coefficient (Wildman–Crippen LogP) is 4.28. The number of para-hydroxylation sites is 3. The standard InChI is InChI=1S/C22H15IN6O2/c23-14-7-6-8-15(13-14)24-21(30)26-19-20-27-29(16-9-2-1-3-10-16)22(31)28(20)18-12-5-4-11-17(18)25-19/h1-13H,(H2,24,25,26,30). The first-order valence-electron chi connectivity index (χ1n) is 9.40. The summed E-state index contributed by atoms with van der Waals surface area (Å²) in [5, 5.41) is 9.99. The largest absolute Gasteiger partial charge is 0.355 e. The molecule has 152 valence electrons. The maximum absolute atomic E-state index is 13.2. The molecule has 2 N–H and O–H groups in total. The van der Waals surface area contributed by atoms with Gasteiger partial charge in [-0.15, -0.1) is 5.10 Å². The van der Waals surface area contributed by atoms with Gasteiger partial charge < -0.3 is 5.32 Å². The number of nitrogens with one attached hydrogen (secondary N) is 2. The van der Waals surface area contributed by atoms with E-state index in [2.05, 4.69) is 43.3 Å². The lowest BCUT2D eigenvalue weighted by molar-refractivity contribution is 0.262. The zero-order valence-corrected chi connectivity index (χ0v) is 18.1. The lowest BCUT2D eigenvalue weighted by atomic mass is 10.3. The first-order chi connectivity index (χ1) is 15.1. The van der Waals surface area contributed by atoms with Gasteiger partial charge in [-0.1, -0.05) is 36.4 Å². The van der Waals surface area contributed by atoms with Crippen molar-refractivity contribution < 1.29 is 4.79 Å². The maximum Gasteiger partial charge on any atom is 0.355 e. The van der Waals surface area contributed by atoms with Crippen LogP contribution in [0, 0.1) is 3.57 Å². The highest BCUT2D eigenvalue weighted by molar-refractivity contribution is 14.1. The smallest absolute Gasteiger partial charge is 0.308 e. The summed E-state index contributed by atoms with van der Waals surface area (Å²) in [7, 11) is 0. The first-order valence-corrected chi connectivity index (χ1v) is 10.5. The van der Waals surface area contributed by atoms with E-state index in [1.54, 1.807) is 30.3 Å². The SMILES string of the molecule is O=C(Nc1cccc(I)c1)Nc1nc2ccccc2n2c(=O)n(-c3ccccc3)nc12. The molecule has 0 saturated heterocycles. The fourth-order valence-electron chi connectivity index (χ4n) is 3.31. The normalized spacial score (nSPS) is 11.0.